The lowest BCUT2D eigenvalue weighted by atomic mass is 10.2. The minimum atomic E-state index is -0.0730. The SMILES string of the molecule is C#CC(NC)c1ccn(C)n1. The monoisotopic (exact) mass is 149 g/mol. The molecule has 0 aromatic carbocycles. The van der Waals surface area contributed by atoms with Gasteiger partial charge < -0.3 is 5.32 Å². The van der Waals surface area contributed by atoms with Crippen LogP contribution in [0.15, 0.2) is 12.3 Å². The quantitative estimate of drug-likeness (QED) is 0.613. The lowest BCUT2D eigenvalue weighted by Gasteiger charge is -2.03. The van der Waals surface area contributed by atoms with Crippen LogP contribution in [0.2, 0.25) is 0 Å². The van der Waals surface area contributed by atoms with Crippen LogP contribution in [0.4, 0.5) is 0 Å². The highest BCUT2D eigenvalue weighted by atomic mass is 15.3. The number of hydrogen-bond acceptors (Lipinski definition) is 2. The highest BCUT2D eigenvalue weighted by Crippen LogP contribution is 2.06. The number of aromatic nitrogens is 2. The third kappa shape index (κ3) is 1.60. The van der Waals surface area contributed by atoms with E-state index in [4.69, 9.17) is 6.42 Å². The number of hydrogen-bond donors (Lipinski definition) is 1. The Kier molecular flexibility index (Phi) is 2.29. The molecule has 58 valence electrons. The second-order valence-electron chi connectivity index (χ2n) is 2.30. The van der Waals surface area contributed by atoms with Gasteiger partial charge in [-0.15, -0.1) is 6.42 Å². The van der Waals surface area contributed by atoms with E-state index < -0.39 is 0 Å². The third-order valence-corrected chi connectivity index (χ3v) is 1.49. The summed E-state index contributed by atoms with van der Waals surface area (Å²) < 4.78 is 1.73. The zero-order valence-electron chi connectivity index (χ0n) is 6.70. The molecule has 1 rings (SSSR count). The van der Waals surface area contributed by atoms with Gasteiger partial charge in [0.05, 0.1) is 5.69 Å². The molecule has 0 aliphatic carbocycles. The summed E-state index contributed by atoms with van der Waals surface area (Å²) >= 11 is 0. The predicted octanol–water partition coefficient (Wildman–Crippen LogP) is 0.314. The average Bonchev–Trinajstić information content (AvgIpc) is 2.39. The topological polar surface area (TPSA) is 29.9 Å². The molecule has 0 saturated heterocycles. The first-order valence-electron chi connectivity index (χ1n) is 3.41. The molecule has 1 N–H and O–H groups in total. The summed E-state index contributed by atoms with van der Waals surface area (Å²) in [4.78, 5) is 0. The van der Waals surface area contributed by atoms with Crippen molar-refractivity contribution in [3.63, 3.8) is 0 Å². The Morgan fingerprint density at radius 1 is 1.82 bits per heavy atom. The first kappa shape index (κ1) is 7.83. The van der Waals surface area contributed by atoms with Crippen LogP contribution in [0.1, 0.15) is 11.7 Å². The molecule has 0 spiro atoms. The largest absolute Gasteiger partial charge is 0.302 e. The van der Waals surface area contributed by atoms with Crippen LogP contribution in [0.5, 0.6) is 0 Å². The number of nitrogens with one attached hydrogen (secondary N) is 1. The molecule has 0 fully saturated rings. The van der Waals surface area contributed by atoms with Crippen LogP contribution in [-0.2, 0) is 7.05 Å². The van der Waals surface area contributed by atoms with E-state index in [1.807, 2.05) is 26.4 Å². The Bertz CT molecular complexity index is 269. The van der Waals surface area contributed by atoms with E-state index in [-0.39, 0.29) is 6.04 Å². The lowest BCUT2D eigenvalue weighted by Crippen LogP contribution is -2.14. The van der Waals surface area contributed by atoms with E-state index in [1.165, 1.54) is 0 Å². The summed E-state index contributed by atoms with van der Waals surface area (Å²) in [6.45, 7) is 0. The van der Waals surface area contributed by atoms with E-state index in [0.717, 1.165) is 5.69 Å². The Morgan fingerprint density at radius 2 is 2.55 bits per heavy atom. The van der Waals surface area contributed by atoms with Gasteiger partial charge in [-0.3, -0.25) is 4.68 Å². The van der Waals surface area contributed by atoms with Crippen molar-refractivity contribution in [1.82, 2.24) is 15.1 Å². The molecule has 1 unspecified atom stereocenters. The van der Waals surface area contributed by atoms with Gasteiger partial charge in [0.25, 0.3) is 0 Å². The van der Waals surface area contributed by atoms with Gasteiger partial charge in [0.15, 0.2) is 0 Å². The zero-order valence-corrected chi connectivity index (χ0v) is 6.70. The van der Waals surface area contributed by atoms with E-state index in [2.05, 4.69) is 16.3 Å². The van der Waals surface area contributed by atoms with Gasteiger partial charge in [-0.05, 0) is 13.1 Å². The Balaban J connectivity index is 2.84. The van der Waals surface area contributed by atoms with Gasteiger partial charge >= 0.3 is 0 Å². The Hall–Kier alpha value is -1.27. The molecular formula is C8H11N3. The molecule has 3 heteroatoms. The van der Waals surface area contributed by atoms with Crippen LogP contribution >= 0.6 is 0 Å². The van der Waals surface area contributed by atoms with Gasteiger partial charge in [0.2, 0.25) is 0 Å². The van der Waals surface area contributed by atoms with Crippen molar-refractivity contribution in [3.8, 4) is 12.3 Å². The summed E-state index contributed by atoms with van der Waals surface area (Å²) in [5.41, 5.74) is 0.887. The van der Waals surface area contributed by atoms with Gasteiger partial charge in [-0.2, -0.15) is 5.10 Å². The highest BCUT2D eigenvalue weighted by molar-refractivity contribution is 5.16. The summed E-state index contributed by atoms with van der Waals surface area (Å²) in [5.74, 6) is 2.59. The smallest absolute Gasteiger partial charge is 0.113 e. The molecule has 1 atom stereocenters. The van der Waals surface area contributed by atoms with Crippen molar-refractivity contribution in [2.24, 2.45) is 7.05 Å². The van der Waals surface area contributed by atoms with Crippen LogP contribution in [0, 0.1) is 12.3 Å². The van der Waals surface area contributed by atoms with E-state index in [1.54, 1.807) is 4.68 Å². The fraction of sp³-hybridized carbons (Fsp3) is 0.375. The summed E-state index contributed by atoms with van der Waals surface area (Å²) in [7, 11) is 3.69. The Morgan fingerprint density at radius 3 is 2.91 bits per heavy atom. The molecule has 0 saturated carbocycles. The van der Waals surface area contributed by atoms with E-state index in [0.29, 0.717) is 0 Å². The molecule has 0 bridgehead atoms. The molecular weight excluding hydrogens is 138 g/mol. The molecule has 1 aromatic heterocycles. The van der Waals surface area contributed by atoms with Crippen molar-refractivity contribution >= 4 is 0 Å². The molecule has 0 amide bonds. The molecule has 1 heterocycles. The molecule has 1 aromatic rings. The predicted molar refractivity (Wildman–Crippen MR) is 43.8 cm³/mol. The highest BCUT2D eigenvalue weighted by Gasteiger charge is 2.06. The van der Waals surface area contributed by atoms with Crippen molar-refractivity contribution in [2.75, 3.05) is 7.05 Å². The molecule has 0 radical (unpaired) electrons. The maximum atomic E-state index is 5.26. The fourth-order valence-electron chi connectivity index (χ4n) is 0.904. The number of nitrogens with zero attached hydrogens (tertiary/aromatic N) is 2. The molecule has 0 aliphatic heterocycles. The van der Waals surface area contributed by atoms with E-state index >= 15 is 0 Å². The van der Waals surface area contributed by atoms with E-state index in [9.17, 15) is 0 Å². The van der Waals surface area contributed by atoms with Gasteiger partial charge in [-0.1, -0.05) is 5.92 Å². The van der Waals surface area contributed by atoms with Gasteiger partial charge in [0, 0.05) is 13.2 Å². The van der Waals surface area contributed by atoms with Gasteiger partial charge in [0.1, 0.15) is 6.04 Å². The second kappa shape index (κ2) is 3.22. The summed E-state index contributed by atoms with van der Waals surface area (Å²) in [5, 5.41) is 7.13. The minimum Gasteiger partial charge on any atom is -0.302 e. The first-order chi connectivity index (χ1) is 5.27. The first-order valence-corrected chi connectivity index (χ1v) is 3.41. The number of terminal acetylenes is 1. The minimum absolute atomic E-state index is 0.0730. The van der Waals surface area contributed by atoms with Crippen LogP contribution in [-0.4, -0.2) is 16.8 Å². The summed E-state index contributed by atoms with van der Waals surface area (Å²) in [6, 6.07) is 1.83. The van der Waals surface area contributed by atoms with Crippen molar-refractivity contribution in [1.29, 1.82) is 0 Å². The summed E-state index contributed by atoms with van der Waals surface area (Å²) in [6.07, 6.45) is 7.13. The van der Waals surface area contributed by atoms with Crippen LogP contribution < -0.4 is 5.32 Å². The van der Waals surface area contributed by atoms with Crippen molar-refractivity contribution in [2.45, 2.75) is 6.04 Å². The third-order valence-electron chi connectivity index (χ3n) is 1.49. The second-order valence-corrected chi connectivity index (χ2v) is 2.30. The Labute approximate surface area is 66.4 Å². The normalized spacial score (nSPS) is 12.5. The maximum absolute atomic E-state index is 5.26. The fourth-order valence-corrected chi connectivity index (χ4v) is 0.904. The zero-order chi connectivity index (χ0) is 8.27. The standard InChI is InChI=1S/C8H11N3/c1-4-7(9-2)8-5-6-11(3)10-8/h1,5-7,9H,2-3H3. The lowest BCUT2D eigenvalue weighted by molar-refractivity contribution is 0.671. The maximum Gasteiger partial charge on any atom is 0.113 e. The number of rotatable bonds is 2. The van der Waals surface area contributed by atoms with Crippen molar-refractivity contribution in [3.05, 3.63) is 18.0 Å². The van der Waals surface area contributed by atoms with Gasteiger partial charge in [-0.25, -0.2) is 0 Å². The molecule has 0 aliphatic rings. The van der Waals surface area contributed by atoms with Crippen LogP contribution in [0.3, 0.4) is 0 Å². The average molecular weight is 149 g/mol. The molecule has 11 heavy (non-hydrogen) atoms. The van der Waals surface area contributed by atoms with Crippen LogP contribution in [0.25, 0.3) is 0 Å². The molecule has 3 nitrogen and oxygen atoms in total. The number of aryl methyl sites for hydroxylation is 1. The van der Waals surface area contributed by atoms with Crippen molar-refractivity contribution < 1.29 is 0 Å².